The zero-order valence-corrected chi connectivity index (χ0v) is 16.2. The van der Waals surface area contributed by atoms with E-state index >= 15 is 0 Å². The highest BCUT2D eigenvalue weighted by Crippen LogP contribution is 2.21. The molecule has 2 aromatic carbocycles. The molecule has 1 atom stereocenters. The number of ether oxygens (including phenoxy) is 1. The summed E-state index contributed by atoms with van der Waals surface area (Å²) in [6.45, 7) is -0.271. The maximum Gasteiger partial charge on any atom is 0.276 e. The molecule has 0 aliphatic heterocycles. The minimum Gasteiger partial charge on any atom is -0.484 e. The first kappa shape index (κ1) is 20.4. The van der Waals surface area contributed by atoms with E-state index in [1.807, 2.05) is 36.4 Å². The number of carbonyl (C=O) groups is 2. The molecular weight excluding hydrogens is 394 g/mol. The molecule has 3 N–H and O–H groups in total. The van der Waals surface area contributed by atoms with E-state index in [1.165, 1.54) is 0 Å². The third-order valence-electron chi connectivity index (χ3n) is 3.95. The number of rotatable bonds is 8. The largest absolute Gasteiger partial charge is 0.484 e. The highest BCUT2D eigenvalue weighted by atomic mass is 35.5. The van der Waals surface area contributed by atoms with Crippen LogP contribution < -0.4 is 20.9 Å². The Morgan fingerprint density at radius 1 is 0.931 bits per heavy atom. The summed E-state index contributed by atoms with van der Waals surface area (Å²) in [4.78, 5) is 23.9. The van der Waals surface area contributed by atoms with Gasteiger partial charge in [0.05, 0.1) is 18.8 Å². The number of benzene rings is 2. The van der Waals surface area contributed by atoms with Crippen molar-refractivity contribution in [1.29, 1.82) is 0 Å². The van der Waals surface area contributed by atoms with Crippen molar-refractivity contribution in [2.24, 2.45) is 0 Å². The Kier molecular flexibility index (Phi) is 7.27. The molecule has 2 amide bonds. The van der Waals surface area contributed by atoms with Crippen LogP contribution in [-0.4, -0.2) is 25.0 Å². The maximum absolute atomic E-state index is 12.1. The van der Waals surface area contributed by atoms with Crippen LogP contribution in [0.3, 0.4) is 0 Å². The van der Waals surface area contributed by atoms with Gasteiger partial charge in [0.1, 0.15) is 11.5 Å². The van der Waals surface area contributed by atoms with Crippen LogP contribution in [0.2, 0.25) is 5.02 Å². The number of amides is 2. The van der Waals surface area contributed by atoms with E-state index < -0.39 is 11.8 Å². The van der Waals surface area contributed by atoms with Crippen LogP contribution in [0.5, 0.6) is 5.75 Å². The van der Waals surface area contributed by atoms with Crippen molar-refractivity contribution < 1.29 is 18.7 Å². The standard InChI is InChI=1S/C21H20ClN3O4/c22-16-8-10-17(11-9-16)29-14-20(27)25-24-19(26)13-23-21(18-7-4-12-28-18)15-5-2-1-3-6-15/h1-12,21,23H,13-14H2,(H,24,26)(H,25,27)/t21-/m1/s1. The van der Waals surface area contributed by atoms with Gasteiger partial charge in [0.2, 0.25) is 0 Å². The van der Waals surface area contributed by atoms with Gasteiger partial charge in [-0.3, -0.25) is 25.8 Å². The number of halogens is 1. The van der Waals surface area contributed by atoms with Crippen molar-refractivity contribution in [2.45, 2.75) is 6.04 Å². The second-order valence-electron chi connectivity index (χ2n) is 6.08. The number of hydrogen-bond donors (Lipinski definition) is 3. The predicted octanol–water partition coefficient (Wildman–Crippen LogP) is 2.84. The van der Waals surface area contributed by atoms with Crippen LogP contribution in [0.15, 0.2) is 77.4 Å². The Hall–Kier alpha value is -3.29. The fourth-order valence-electron chi connectivity index (χ4n) is 2.58. The summed E-state index contributed by atoms with van der Waals surface area (Å²) >= 11 is 5.79. The summed E-state index contributed by atoms with van der Waals surface area (Å²) in [5.74, 6) is 0.294. The van der Waals surface area contributed by atoms with E-state index in [-0.39, 0.29) is 19.2 Å². The smallest absolute Gasteiger partial charge is 0.276 e. The summed E-state index contributed by atoms with van der Waals surface area (Å²) in [6.07, 6.45) is 1.58. The van der Waals surface area contributed by atoms with E-state index in [1.54, 1.807) is 36.6 Å². The van der Waals surface area contributed by atoms with Gasteiger partial charge in [0.15, 0.2) is 6.61 Å². The molecule has 1 aromatic heterocycles. The summed E-state index contributed by atoms with van der Waals surface area (Å²) in [5.41, 5.74) is 5.61. The monoisotopic (exact) mass is 413 g/mol. The molecule has 0 unspecified atom stereocenters. The Labute approximate surface area is 173 Å². The number of nitrogens with one attached hydrogen (secondary N) is 3. The van der Waals surface area contributed by atoms with Crippen LogP contribution in [0.4, 0.5) is 0 Å². The number of carbonyl (C=O) groups excluding carboxylic acids is 2. The first-order valence-corrected chi connectivity index (χ1v) is 9.27. The lowest BCUT2D eigenvalue weighted by molar-refractivity contribution is -0.129. The molecule has 29 heavy (non-hydrogen) atoms. The fraction of sp³-hybridized carbons (Fsp3) is 0.143. The van der Waals surface area contributed by atoms with Gasteiger partial charge >= 0.3 is 0 Å². The lowest BCUT2D eigenvalue weighted by atomic mass is 10.0. The molecule has 1 heterocycles. The van der Waals surface area contributed by atoms with Gasteiger partial charge in [-0.25, -0.2) is 0 Å². The van der Waals surface area contributed by atoms with Gasteiger partial charge in [-0.2, -0.15) is 0 Å². The van der Waals surface area contributed by atoms with E-state index in [0.717, 1.165) is 5.56 Å². The summed E-state index contributed by atoms with van der Waals surface area (Å²) in [7, 11) is 0. The van der Waals surface area contributed by atoms with E-state index in [9.17, 15) is 9.59 Å². The van der Waals surface area contributed by atoms with Crippen LogP contribution in [0, 0.1) is 0 Å². The van der Waals surface area contributed by atoms with Crippen LogP contribution in [-0.2, 0) is 9.59 Å². The average Bonchev–Trinajstić information content (AvgIpc) is 3.27. The molecule has 150 valence electrons. The molecule has 0 saturated carbocycles. The zero-order valence-electron chi connectivity index (χ0n) is 15.4. The molecule has 0 bridgehead atoms. The van der Waals surface area contributed by atoms with Crippen LogP contribution in [0.25, 0.3) is 0 Å². The highest BCUT2D eigenvalue weighted by Gasteiger charge is 2.17. The number of hydrogen-bond acceptors (Lipinski definition) is 5. The molecule has 8 heteroatoms. The summed E-state index contributed by atoms with van der Waals surface area (Å²) < 4.78 is 10.8. The molecule has 0 radical (unpaired) electrons. The molecule has 0 aliphatic rings. The molecule has 3 aromatic rings. The number of hydrazine groups is 1. The zero-order chi connectivity index (χ0) is 20.5. The van der Waals surface area contributed by atoms with Crippen molar-refractivity contribution in [1.82, 2.24) is 16.2 Å². The Morgan fingerprint density at radius 2 is 1.66 bits per heavy atom. The third-order valence-corrected chi connectivity index (χ3v) is 4.20. The van der Waals surface area contributed by atoms with Gasteiger partial charge < -0.3 is 9.15 Å². The van der Waals surface area contributed by atoms with Crippen molar-refractivity contribution in [3.8, 4) is 5.75 Å². The molecule has 3 rings (SSSR count). The first-order chi connectivity index (χ1) is 14.1. The minimum atomic E-state index is -0.487. The highest BCUT2D eigenvalue weighted by molar-refractivity contribution is 6.30. The Bertz CT molecular complexity index is 915. The van der Waals surface area contributed by atoms with Crippen molar-refractivity contribution >= 4 is 23.4 Å². The predicted molar refractivity (Wildman–Crippen MR) is 108 cm³/mol. The molecule has 0 fully saturated rings. The van der Waals surface area contributed by atoms with E-state index in [2.05, 4.69) is 16.2 Å². The number of furan rings is 1. The maximum atomic E-state index is 12.1. The van der Waals surface area contributed by atoms with Crippen LogP contribution in [0.1, 0.15) is 17.4 Å². The van der Waals surface area contributed by atoms with Gasteiger partial charge in [-0.15, -0.1) is 0 Å². The topological polar surface area (TPSA) is 92.6 Å². The Morgan fingerprint density at radius 3 is 2.34 bits per heavy atom. The second-order valence-corrected chi connectivity index (χ2v) is 6.52. The second kappa shape index (κ2) is 10.3. The SMILES string of the molecule is O=C(CN[C@H](c1ccccc1)c1ccco1)NNC(=O)COc1ccc(Cl)cc1. The third kappa shape index (κ3) is 6.38. The first-order valence-electron chi connectivity index (χ1n) is 8.89. The molecule has 0 spiro atoms. The van der Waals surface area contributed by atoms with Gasteiger partial charge in [-0.05, 0) is 42.0 Å². The average molecular weight is 414 g/mol. The molecule has 7 nitrogen and oxygen atoms in total. The quantitative estimate of drug-likeness (QED) is 0.494. The Balaban J connectivity index is 1.44. The molecular formula is C21H20ClN3O4. The van der Waals surface area contributed by atoms with E-state index in [0.29, 0.717) is 16.5 Å². The summed E-state index contributed by atoms with van der Waals surface area (Å²) in [5, 5.41) is 3.70. The van der Waals surface area contributed by atoms with Crippen molar-refractivity contribution in [3.63, 3.8) is 0 Å². The van der Waals surface area contributed by atoms with Crippen molar-refractivity contribution in [2.75, 3.05) is 13.2 Å². The fourth-order valence-corrected chi connectivity index (χ4v) is 2.70. The van der Waals surface area contributed by atoms with Gasteiger partial charge in [0, 0.05) is 5.02 Å². The van der Waals surface area contributed by atoms with Gasteiger partial charge in [-0.1, -0.05) is 41.9 Å². The minimum absolute atomic E-state index is 0.0292. The van der Waals surface area contributed by atoms with Crippen LogP contribution >= 0.6 is 11.6 Å². The lowest BCUT2D eigenvalue weighted by Gasteiger charge is -2.17. The van der Waals surface area contributed by atoms with Gasteiger partial charge in [0.25, 0.3) is 11.8 Å². The normalized spacial score (nSPS) is 11.5. The molecule has 0 saturated heterocycles. The van der Waals surface area contributed by atoms with E-state index in [4.69, 9.17) is 20.8 Å². The lowest BCUT2D eigenvalue weighted by Crippen LogP contribution is -2.47. The van der Waals surface area contributed by atoms with Crippen molar-refractivity contribution in [3.05, 3.63) is 89.3 Å². The summed E-state index contributed by atoms with van der Waals surface area (Å²) in [6, 6.07) is 19.6. The molecule has 0 aliphatic carbocycles.